The molecule has 0 aliphatic heterocycles. The molecule has 2 aromatic carbocycles. The average molecular weight is 371 g/mol. The van der Waals surface area contributed by atoms with Crippen LogP contribution in [0.4, 0.5) is 0 Å². The van der Waals surface area contributed by atoms with Crippen molar-refractivity contribution in [1.82, 2.24) is 15.3 Å². The van der Waals surface area contributed by atoms with Gasteiger partial charge in [-0.3, -0.25) is 9.59 Å². The van der Waals surface area contributed by atoms with Crippen molar-refractivity contribution in [3.8, 4) is 0 Å². The topological polar surface area (TPSA) is 74.8 Å². The number of nitrogens with one attached hydrogen (secondary N) is 2. The quantitative estimate of drug-likeness (QED) is 0.692. The minimum atomic E-state index is -0.206. The van der Waals surface area contributed by atoms with Gasteiger partial charge in [0.15, 0.2) is 0 Å². The van der Waals surface area contributed by atoms with Crippen LogP contribution in [0.5, 0.6) is 0 Å². The fourth-order valence-electron chi connectivity index (χ4n) is 4.72. The molecule has 5 rings (SSSR count). The summed E-state index contributed by atoms with van der Waals surface area (Å²) in [6.45, 7) is 0.506. The normalized spacial score (nSPS) is 25.3. The lowest BCUT2D eigenvalue weighted by atomic mass is 9.81. The Morgan fingerprint density at radius 3 is 2.64 bits per heavy atom. The molecule has 0 unspecified atom stereocenters. The van der Waals surface area contributed by atoms with E-state index >= 15 is 0 Å². The number of allylic oxidation sites excluding steroid dienone is 2. The summed E-state index contributed by atoms with van der Waals surface area (Å²) in [5.74, 6) is 0.789. The van der Waals surface area contributed by atoms with Gasteiger partial charge in [-0.05, 0) is 36.0 Å². The van der Waals surface area contributed by atoms with Gasteiger partial charge < -0.3 is 10.3 Å². The van der Waals surface area contributed by atoms with E-state index < -0.39 is 0 Å². The van der Waals surface area contributed by atoms with Crippen molar-refractivity contribution in [3.05, 3.63) is 88.5 Å². The van der Waals surface area contributed by atoms with Crippen molar-refractivity contribution in [2.24, 2.45) is 17.8 Å². The van der Waals surface area contributed by atoms with Crippen molar-refractivity contribution in [2.45, 2.75) is 18.9 Å². The first-order valence-electron chi connectivity index (χ1n) is 9.69. The number of fused-ring (bicyclic) bond motifs is 3. The molecule has 2 aliphatic rings. The van der Waals surface area contributed by atoms with Crippen LogP contribution in [0.25, 0.3) is 10.9 Å². The van der Waals surface area contributed by atoms with Gasteiger partial charge in [0.05, 0.1) is 16.8 Å². The van der Waals surface area contributed by atoms with E-state index in [1.807, 2.05) is 48.5 Å². The van der Waals surface area contributed by atoms with E-state index in [-0.39, 0.29) is 35.1 Å². The minimum absolute atomic E-state index is 0.0292. The minimum Gasteiger partial charge on any atom is -0.352 e. The molecule has 1 saturated carbocycles. The molecule has 2 N–H and O–H groups in total. The van der Waals surface area contributed by atoms with Gasteiger partial charge >= 0.3 is 0 Å². The SMILES string of the molecule is O=C(NCc1ccccc1)[C@@H]1[C@H](c2nc3ccccc3c(=O)[nH]2)[C@H]2C=C[C@H]1C2. The third-order valence-corrected chi connectivity index (χ3v) is 6.02. The second-order valence-corrected chi connectivity index (χ2v) is 7.67. The average Bonchev–Trinajstić information content (AvgIpc) is 3.34. The van der Waals surface area contributed by atoms with Gasteiger partial charge in [0.2, 0.25) is 5.91 Å². The number of carbonyl (C=O) groups excluding carboxylic acids is 1. The zero-order valence-electron chi connectivity index (χ0n) is 15.3. The number of rotatable bonds is 4. The van der Waals surface area contributed by atoms with Gasteiger partial charge in [0.25, 0.3) is 5.56 Å². The van der Waals surface area contributed by atoms with Crippen molar-refractivity contribution >= 4 is 16.8 Å². The predicted octanol–water partition coefficient (Wildman–Crippen LogP) is 3.15. The number of amides is 1. The van der Waals surface area contributed by atoms with Crippen LogP contribution in [0.3, 0.4) is 0 Å². The standard InChI is InChI=1S/C23H21N3O2/c27-22-17-8-4-5-9-18(17)25-21(26-22)19-15-10-11-16(12-15)20(19)23(28)24-13-14-6-2-1-3-7-14/h1-11,15-16,19-20H,12-13H2,(H,24,28)(H,25,26,27)/t15-,16-,19+,20-/m0/s1. The van der Waals surface area contributed by atoms with E-state index in [1.165, 1.54) is 0 Å². The van der Waals surface area contributed by atoms with E-state index in [0.717, 1.165) is 12.0 Å². The Balaban J connectivity index is 1.45. The lowest BCUT2D eigenvalue weighted by Crippen LogP contribution is -2.37. The predicted molar refractivity (Wildman–Crippen MR) is 108 cm³/mol. The lowest BCUT2D eigenvalue weighted by molar-refractivity contribution is -0.126. The molecule has 0 spiro atoms. The zero-order chi connectivity index (χ0) is 19.1. The summed E-state index contributed by atoms with van der Waals surface area (Å²) in [4.78, 5) is 33.3. The number of aromatic amines is 1. The monoisotopic (exact) mass is 371 g/mol. The number of H-pyrrole nitrogens is 1. The van der Waals surface area contributed by atoms with Crippen LogP contribution in [0, 0.1) is 17.8 Å². The molecule has 0 saturated heterocycles. The van der Waals surface area contributed by atoms with Crippen molar-refractivity contribution in [2.75, 3.05) is 0 Å². The summed E-state index contributed by atoms with van der Waals surface area (Å²) >= 11 is 0. The molecular weight excluding hydrogens is 350 g/mol. The molecule has 1 heterocycles. The third kappa shape index (κ3) is 2.83. The Hall–Kier alpha value is -3.21. The Morgan fingerprint density at radius 1 is 1.04 bits per heavy atom. The maximum Gasteiger partial charge on any atom is 0.258 e. The highest BCUT2D eigenvalue weighted by Crippen LogP contribution is 2.52. The third-order valence-electron chi connectivity index (χ3n) is 6.02. The first-order valence-corrected chi connectivity index (χ1v) is 9.69. The first-order chi connectivity index (χ1) is 13.7. The van der Waals surface area contributed by atoms with E-state index in [4.69, 9.17) is 4.98 Å². The van der Waals surface area contributed by atoms with E-state index in [2.05, 4.69) is 22.5 Å². The number of hydrogen-bond acceptors (Lipinski definition) is 3. The van der Waals surface area contributed by atoms with Gasteiger partial charge in [-0.25, -0.2) is 4.98 Å². The first kappa shape index (κ1) is 16.9. The molecule has 1 amide bonds. The number of benzene rings is 2. The number of hydrogen-bond donors (Lipinski definition) is 2. The van der Waals surface area contributed by atoms with Crippen LogP contribution in [-0.4, -0.2) is 15.9 Å². The molecule has 1 fully saturated rings. The molecule has 3 aromatic rings. The molecule has 5 nitrogen and oxygen atoms in total. The summed E-state index contributed by atoms with van der Waals surface area (Å²) in [5, 5.41) is 3.66. The highest BCUT2D eigenvalue weighted by Gasteiger charge is 2.49. The van der Waals surface area contributed by atoms with Gasteiger partial charge in [-0.2, -0.15) is 0 Å². The van der Waals surface area contributed by atoms with Crippen LogP contribution < -0.4 is 10.9 Å². The Morgan fingerprint density at radius 2 is 1.79 bits per heavy atom. The largest absolute Gasteiger partial charge is 0.352 e. The number of aromatic nitrogens is 2. The molecule has 28 heavy (non-hydrogen) atoms. The molecule has 140 valence electrons. The Bertz CT molecular complexity index is 1120. The van der Waals surface area contributed by atoms with Crippen LogP contribution in [-0.2, 0) is 11.3 Å². The van der Waals surface area contributed by atoms with Gasteiger partial charge in [0.1, 0.15) is 5.82 Å². The van der Waals surface area contributed by atoms with Gasteiger partial charge in [-0.1, -0.05) is 54.6 Å². The maximum absolute atomic E-state index is 13.1. The molecule has 4 atom stereocenters. The Kier molecular flexibility index (Phi) is 4.08. The van der Waals surface area contributed by atoms with Crippen LogP contribution in [0.1, 0.15) is 23.7 Å². The lowest BCUT2D eigenvalue weighted by Gasteiger charge is -2.26. The summed E-state index contributed by atoms with van der Waals surface area (Å²) < 4.78 is 0. The molecular formula is C23H21N3O2. The number of nitrogens with zero attached hydrogens (tertiary/aromatic N) is 1. The second-order valence-electron chi connectivity index (χ2n) is 7.67. The maximum atomic E-state index is 13.1. The summed E-state index contributed by atoms with van der Waals surface area (Å²) in [7, 11) is 0. The highest BCUT2D eigenvalue weighted by atomic mass is 16.2. The van der Waals surface area contributed by atoms with Crippen molar-refractivity contribution < 1.29 is 4.79 Å². The molecule has 2 bridgehead atoms. The van der Waals surface area contributed by atoms with Gasteiger partial charge in [0, 0.05) is 12.5 Å². The van der Waals surface area contributed by atoms with Crippen molar-refractivity contribution in [3.63, 3.8) is 0 Å². The molecule has 0 radical (unpaired) electrons. The molecule has 1 aromatic heterocycles. The fraction of sp³-hybridized carbons (Fsp3) is 0.261. The summed E-state index contributed by atoms with van der Waals surface area (Å²) in [5.41, 5.74) is 1.61. The second kappa shape index (κ2) is 6.75. The smallest absolute Gasteiger partial charge is 0.258 e. The summed E-state index contributed by atoms with van der Waals surface area (Å²) in [6, 6.07) is 17.2. The van der Waals surface area contributed by atoms with E-state index in [1.54, 1.807) is 6.07 Å². The Labute approximate surface area is 162 Å². The molecule has 2 aliphatic carbocycles. The van der Waals surface area contributed by atoms with Gasteiger partial charge in [-0.15, -0.1) is 0 Å². The summed E-state index contributed by atoms with van der Waals surface area (Å²) in [6.07, 6.45) is 5.25. The number of para-hydroxylation sites is 1. The van der Waals surface area contributed by atoms with Crippen molar-refractivity contribution in [1.29, 1.82) is 0 Å². The van der Waals surface area contributed by atoms with E-state index in [9.17, 15) is 9.59 Å². The van der Waals surface area contributed by atoms with Crippen LogP contribution in [0.2, 0.25) is 0 Å². The van der Waals surface area contributed by atoms with E-state index in [0.29, 0.717) is 23.3 Å². The fourth-order valence-corrected chi connectivity index (χ4v) is 4.72. The zero-order valence-corrected chi connectivity index (χ0v) is 15.3. The van der Waals surface area contributed by atoms with Crippen LogP contribution >= 0.6 is 0 Å². The molecule has 5 heteroatoms. The highest BCUT2D eigenvalue weighted by molar-refractivity contribution is 5.82. The van der Waals surface area contributed by atoms with Crippen LogP contribution in [0.15, 0.2) is 71.5 Å². The number of carbonyl (C=O) groups is 1.